The average molecular weight is 231 g/mol. The quantitative estimate of drug-likeness (QED) is 0.711. The number of carbonyl (C=O) groups is 1. The number of nitrogens with two attached hydrogens (primary N) is 1. The van der Waals surface area contributed by atoms with E-state index in [2.05, 4.69) is 0 Å². The Balaban J connectivity index is 0.000000336. The molecular weight excluding hydrogens is 218 g/mol. The summed E-state index contributed by atoms with van der Waals surface area (Å²) >= 11 is 0. The van der Waals surface area contributed by atoms with E-state index in [1.54, 1.807) is 0 Å². The highest BCUT2D eigenvalue weighted by Crippen LogP contribution is 1.97. The first-order valence-electron chi connectivity index (χ1n) is 4.03. The lowest BCUT2D eigenvalue weighted by atomic mass is 10.1. The van der Waals surface area contributed by atoms with Gasteiger partial charge in [0.05, 0.1) is 12.7 Å². The zero-order valence-electron chi connectivity index (χ0n) is 8.25. The predicted octanol–water partition coefficient (Wildman–Crippen LogP) is 0.218. The first-order chi connectivity index (χ1) is 6.79. The Hall–Kier alpha value is -1.40. The van der Waals surface area contributed by atoms with Crippen molar-refractivity contribution in [2.45, 2.75) is 6.42 Å². The van der Waals surface area contributed by atoms with Crippen LogP contribution in [0.2, 0.25) is 0 Å². The second-order valence-electron chi connectivity index (χ2n) is 2.86. The lowest BCUT2D eigenvalue weighted by Gasteiger charge is -1.93. The fourth-order valence-corrected chi connectivity index (χ4v) is 0.797. The van der Waals surface area contributed by atoms with Crippen molar-refractivity contribution in [3.8, 4) is 0 Å². The molecule has 1 amide bonds. The van der Waals surface area contributed by atoms with Gasteiger partial charge in [-0.3, -0.25) is 9.35 Å². The van der Waals surface area contributed by atoms with Gasteiger partial charge in [-0.15, -0.1) is 0 Å². The molecule has 0 atom stereocenters. The van der Waals surface area contributed by atoms with E-state index in [9.17, 15) is 13.2 Å². The van der Waals surface area contributed by atoms with Gasteiger partial charge in [0.1, 0.15) is 0 Å². The molecule has 0 aliphatic heterocycles. The molecule has 0 heterocycles. The van der Waals surface area contributed by atoms with Crippen molar-refractivity contribution >= 4 is 16.0 Å². The molecule has 0 fully saturated rings. The molecule has 0 spiro atoms. The van der Waals surface area contributed by atoms with Gasteiger partial charge in [-0.05, 0) is 5.56 Å². The Labute approximate surface area is 88.7 Å². The minimum absolute atomic E-state index is 0.286. The molecule has 0 radical (unpaired) electrons. The van der Waals surface area contributed by atoms with Crippen molar-refractivity contribution in [3.63, 3.8) is 0 Å². The number of hydrogen-bond acceptors (Lipinski definition) is 3. The van der Waals surface area contributed by atoms with Crippen LogP contribution < -0.4 is 5.73 Å². The van der Waals surface area contributed by atoms with E-state index < -0.39 is 10.1 Å². The molecule has 0 unspecified atom stereocenters. The summed E-state index contributed by atoms with van der Waals surface area (Å²) in [6, 6.07) is 9.44. The van der Waals surface area contributed by atoms with Gasteiger partial charge in [-0.25, -0.2) is 0 Å². The maximum atomic E-state index is 10.4. The average Bonchev–Trinajstić information content (AvgIpc) is 2.01. The molecule has 0 aliphatic carbocycles. The van der Waals surface area contributed by atoms with Crippen LogP contribution in [0.15, 0.2) is 30.3 Å². The Morgan fingerprint density at radius 3 is 2.07 bits per heavy atom. The Bertz CT molecular complexity index is 391. The monoisotopic (exact) mass is 231 g/mol. The summed E-state index contributed by atoms with van der Waals surface area (Å²) in [5, 5.41) is 0. The molecule has 1 aromatic rings. The van der Waals surface area contributed by atoms with Gasteiger partial charge in [-0.2, -0.15) is 8.42 Å². The smallest absolute Gasteiger partial charge is 0.261 e. The zero-order chi connectivity index (χ0) is 11.9. The summed E-state index contributed by atoms with van der Waals surface area (Å²) in [5.41, 5.74) is 5.95. The summed E-state index contributed by atoms with van der Waals surface area (Å²) in [6.07, 6.45) is 1.05. The van der Waals surface area contributed by atoms with E-state index in [0.717, 1.165) is 5.56 Å². The zero-order valence-corrected chi connectivity index (χ0v) is 9.07. The first kappa shape index (κ1) is 13.6. The molecule has 15 heavy (non-hydrogen) atoms. The molecule has 0 bridgehead atoms. The number of hydrogen-bond donors (Lipinski definition) is 2. The van der Waals surface area contributed by atoms with Gasteiger partial charge >= 0.3 is 0 Å². The minimum Gasteiger partial charge on any atom is -0.369 e. The summed E-state index contributed by atoms with van der Waals surface area (Å²) in [5.74, 6) is -0.286. The number of amides is 1. The van der Waals surface area contributed by atoms with Crippen LogP contribution in [-0.4, -0.2) is 25.1 Å². The normalized spacial score (nSPS) is 10.0. The van der Waals surface area contributed by atoms with E-state index in [1.807, 2.05) is 30.3 Å². The van der Waals surface area contributed by atoms with Crippen LogP contribution in [0.3, 0.4) is 0 Å². The van der Waals surface area contributed by atoms with Crippen LogP contribution >= 0.6 is 0 Å². The number of rotatable bonds is 2. The first-order valence-corrected chi connectivity index (χ1v) is 5.88. The minimum atomic E-state index is -3.67. The third kappa shape index (κ3) is 12.6. The highest BCUT2D eigenvalue weighted by atomic mass is 32.2. The highest BCUT2D eigenvalue weighted by molar-refractivity contribution is 7.85. The van der Waals surface area contributed by atoms with Crippen molar-refractivity contribution in [1.29, 1.82) is 0 Å². The standard InChI is InChI=1S/C8H9NO.CH4O3S/c9-8(10)6-7-4-2-1-3-5-7;1-5(2,3)4/h1-5H,6H2,(H2,9,10);1H3,(H,2,3,4). The van der Waals surface area contributed by atoms with Crippen LogP contribution in [0.1, 0.15) is 5.56 Å². The molecule has 0 aromatic heterocycles. The van der Waals surface area contributed by atoms with E-state index in [4.69, 9.17) is 10.3 Å². The largest absolute Gasteiger partial charge is 0.369 e. The van der Waals surface area contributed by atoms with Crippen LogP contribution in [0.25, 0.3) is 0 Å². The topological polar surface area (TPSA) is 97.5 Å². The van der Waals surface area contributed by atoms with Crippen molar-refractivity contribution in [3.05, 3.63) is 35.9 Å². The second-order valence-corrected chi connectivity index (χ2v) is 4.33. The third-order valence-corrected chi connectivity index (χ3v) is 1.22. The van der Waals surface area contributed by atoms with E-state index in [0.29, 0.717) is 12.7 Å². The highest BCUT2D eigenvalue weighted by Gasteiger charge is 1.94. The van der Waals surface area contributed by atoms with Gasteiger partial charge in [-0.1, -0.05) is 30.3 Å². The lowest BCUT2D eigenvalue weighted by molar-refractivity contribution is -0.117. The van der Waals surface area contributed by atoms with E-state index in [-0.39, 0.29) is 5.91 Å². The predicted molar refractivity (Wildman–Crippen MR) is 56.8 cm³/mol. The SMILES string of the molecule is CS(=O)(=O)O.NC(=O)Cc1ccccc1. The van der Waals surface area contributed by atoms with Crippen molar-refractivity contribution in [2.24, 2.45) is 5.73 Å². The number of carbonyl (C=O) groups excluding carboxylic acids is 1. The fraction of sp³-hybridized carbons (Fsp3) is 0.222. The number of benzene rings is 1. The fourth-order valence-electron chi connectivity index (χ4n) is 0.797. The Morgan fingerprint density at radius 2 is 1.73 bits per heavy atom. The maximum Gasteiger partial charge on any atom is 0.261 e. The summed E-state index contributed by atoms with van der Waals surface area (Å²) in [4.78, 5) is 10.4. The van der Waals surface area contributed by atoms with Crippen LogP contribution in [0.5, 0.6) is 0 Å². The molecule has 0 aliphatic rings. The lowest BCUT2D eigenvalue weighted by Crippen LogP contribution is -2.13. The van der Waals surface area contributed by atoms with Gasteiger partial charge in [0.15, 0.2) is 0 Å². The van der Waals surface area contributed by atoms with Crippen LogP contribution in [-0.2, 0) is 21.3 Å². The Morgan fingerprint density at radius 1 is 1.33 bits per heavy atom. The molecule has 84 valence electrons. The van der Waals surface area contributed by atoms with Gasteiger partial charge < -0.3 is 5.73 Å². The van der Waals surface area contributed by atoms with Crippen molar-refractivity contribution < 1.29 is 17.8 Å². The molecule has 3 N–H and O–H groups in total. The third-order valence-electron chi connectivity index (χ3n) is 1.22. The molecular formula is C9H13NO4S. The molecule has 5 nitrogen and oxygen atoms in total. The van der Waals surface area contributed by atoms with Crippen molar-refractivity contribution in [1.82, 2.24) is 0 Å². The molecule has 0 saturated heterocycles. The van der Waals surface area contributed by atoms with Gasteiger partial charge in [0, 0.05) is 0 Å². The number of primary amides is 1. The van der Waals surface area contributed by atoms with E-state index in [1.165, 1.54) is 0 Å². The molecule has 1 rings (SSSR count). The summed E-state index contributed by atoms with van der Waals surface area (Å²) < 4.78 is 25.9. The van der Waals surface area contributed by atoms with Crippen LogP contribution in [0.4, 0.5) is 0 Å². The van der Waals surface area contributed by atoms with Crippen molar-refractivity contribution in [2.75, 3.05) is 6.26 Å². The molecule has 1 aromatic carbocycles. The Kier molecular flexibility index (Phi) is 5.58. The molecule has 6 heteroatoms. The molecule has 0 saturated carbocycles. The van der Waals surface area contributed by atoms with Crippen LogP contribution in [0, 0.1) is 0 Å². The second kappa shape index (κ2) is 6.15. The van der Waals surface area contributed by atoms with E-state index >= 15 is 0 Å². The summed E-state index contributed by atoms with van der Waals surface area (Å²) in [7, 11) is -3.67. The van der Waals surface area contributed by atoms with Gasteiger partial charge in [0.25, 0.3) is 10.1 Å². The van der Waals surface area contributed by atoms with Gasteiger partial charge in [0.2, 0.25) is 5.91 Å². The maximum absolute atomic E-state index is 10.4. The summed E-state index contributed by atoms with van der Waals surface area (Å²) in [6.45, 7) is 0.